The number of anilines is 1. The van der Waals surface area contributed by atoms with Crippen LogP contribution in [0.4, 0.5) is 10.2 Å². The van der Waals surface area contributed by atoms with E-state index in [1.807, 2.05) is 55.6 Å². The summed E-state index contributed by atoms with van der Waals surface area (Å²) in [6.07, 6.45) is 7.22. The Morgan fingerprint density at radius 2 is 1.46 bits per heavy atom. The lowest BCUT2D eigenvalue weighted by atomic mass is 10.0. The van der Waals surface area contributed by atoms with Crippen LogP contribution in [0.2, 0.25) is 0 Å². The maximum Gasteiger partial charge on any atom is 0.125 e. The van der Waals surface area contributed by atoms with E-state index >= 15 is 0 Å². The predicted molar refractivity (Wildman–Crippen MR) is 239 cm³/mol. The minimum absolute atomic E-state index is 0.0344. The summed E-state index contributed by atoms with van der Waals surface area (Å²) < 4.78 is 38.6. The molecule has 1 atom stereocenters. The highest BCUT2D eigenvalue weighted by molar-refractivity contribution is 7.21. The molecule has 3 heterocycles. The monoisotopic (exact) mass is 824 g/mol. The summed E-state index contributed by atoms with van der Waals surface area (Å²) >= 11 is 3.10. The largest absolute Gasteiger partial charge is 0.497 e. The summed E-state index contributed by atoms with van der Waals surface area (Å²) in [5.41, 5.74) is 7.89. The van der Waals surface area contributed by atoms with Crippen molar-refractivity contribution in [3.05, 3.63) is 138 Å². The minimum Gasteiger partial charge on any atom is -0.497 e. The van der Waals surface area contributed by atoms with Crippen LogP contribution in [-0.4, -0.2) is 54.6 Å². The van der Waals surface area contributed by atoms with Gasteiger partial charge in [-0.15, -0.1) is 22.7 Å². The Kier molecular flexibility index (Phi) is 12.7. The molecule has 0 spiro atoms. The van der Waals surface area contributed by atoms with Crippen LogP contribution in [-0.2, 0) is 16.1 Å². The Balaban J connectivity index is 0.903. The molecule has 11 heteroatoms. The lowest BCUT2D eigenvalue weighted by Gasteiger charge is -2.15. The number of allylic oxidation sites excluding steroid dienone is 1. The number of pyridine rings is 1. The van der Waals surface area contributed by atoms with Gasteiger partial charge in [0.1, 0.15) is 52.5 Å². The zero-order chi connectivity index (χ0) is 40.6. The maximum absolute atomic E-state index is 14.4. The molecule has 3 aromatic heterocycles. The number of thiazole rings is 2. The fourth-order valence-corrected chi connectivity index (χ4v) is 8.45. The van der Waals surface area contributed by atoms with E-state index in [1.54, 1.807) is 24.5 Å². The molecular weight excluding hydrogens is 780 g/mol. The summed E-state index contributed by atoms with van der Waals surface area (Å²) in [4.78, 5) is 15.2. The number of fused-ring (bicyclic) bond motifs is 1. The SMILES string of the molecule is C=C/C(=C\c1sc(-c2ccc(-c3ccc(NCC4CC4)nc3)cc2)nc1COC(CF)COc1ccc2nc(-c3ccc(-c4ccc(OCC)cc4)cc3)sc2c1)OC. The van der Waals surface area contributed by atoms with E-state index in [0.717, 1.165) is 82.5 Å². The Morgan fingerprint density at radius 3 is 2.08 bits per heavy atom. The summed E-state index contributed by atoms with van der Waals surface area (Å²) in [6, 6.07) is 34.6. The van der Waals surface area contributed by atoms with Gasteiger partial charge >= 0.3 is 0 Å². The van der Waals surface area contributed by atoms with Crippen molar-refractivity contribution in [1.82, 2.24) is 15.0 Å². The van der Waals surface area contributed by atoms with E-state index in [0.29, 0.717) is 23.8 Å². The molecule has 0 aliphatic heterocycles. The van der Waals surface area contributed by atoms with Crippen molar-refractivity contribution < 1.29 is 23.3 Å². The highest BCUT2D eigenvalue weighted by Gasteiger charge is 2.21. The minimum atomic E-state index is -0.803. The number of alkyl halides is 1. The maximum atomic E-state index is 14.4. The molecular formula is C48H45FN4O4S2. The topological polar surface area (TPSA) is 87.6 Å². The van der Waals surface area contributed by atoms with Crippen LogP contribution in [0.1, 0.15) is 30.3 Å². The lowest BCUT2D eigenvalue weighted by molar-refractivity contribution is -0.00550. The van der Waals surface area contributed by atoms with Crippen molar-refractivity contribution in [1.29, 1.82) is 0 Å². The van der Waals surface area contributed by atoms with E-state index in [9.17, 15) is 4.39 Å². The fraction of sp³-hybridized carbons (Fsp3) is 0.229. The van der Waals surface area contributed by atoms with Crippen LogP contribution in [0.15, 0.2) is 128 Å². The molecule has 1 aliphatic rings. The van der Waals surface area contributed by atoms with Crippen LogP contribution in [0.5, 0.6) is 11.5 Å². The van der Waals surface area contributed by atoms with E-state index in [1.165, 1.54) is 24.2 Å². The molecule has 4 aromatic carbocycles. The molecule has 1 unspecified atom stereocenters. The molecule has 8 nitrogen and oxygen atoms in total. The van der Waals surface area contributed by atoms with Crippen molar-refractivity contribution >= 4 is 44.8 Å². The quantitative estimate of drug-likeness (QED) is 0.0637. The van der Waals surface area contributed by atoms with Gasteiger partial charge < -0.3 is 24.3 Å². The van der Waals surface area contributed by atoms with Gasteiger partial charge in [-0.05, 0) is 97.0 Å². The highest BCUT2D eigenvalue weighted by Crippen LogP contribution is 2.35. The number of nitrogens with zero attached hydrogens (tertiary/aromatic N) is 3. The van der Waals surface area contributed by atoms with Gasteiger partial charge in [-0.1, -0.05) is 67.2 Å². The third-order valence-electron chi connectivity index (χ3n) is 9.99. The van der Waals surface area contributed by atoms with E-state index in [-0.39, 0.29) is 13.2 Å². The molecule has 59 heavy (non-hydrogen) atoms. The van der Waals surface area contributed by atoms with Crippen molar-refractivity contribution in [3.63, 3.8) is 0 Å². The van der Waals surface area contributed by atoms with Gasteiger partial charge in [-0.2, -0.15) is 0 Å². The molecule has 8 rings (SSSR count). The summed E-state index contributed by atoms with van der Waals surface area (Å²) in [7, 11) is 1.60. The highest BCUT2D eigenvalue weighted by atomic mass is 32.1. The molecule has 1 saturated carbocycles. The second-order valence-electron chi connectivity index (χ2n) is 14.2. The van der Waals surface area contributed by atoms with E-state index in [2.05, 4.69) is 83.6 Å². The molecule has 1 N–H and O–H groups in total. The van der Waals surface area contributed by atoms with Crippen molar-refractivity contribution in [2.75, 3.05) is 38.9 Å². The number of halogens is 1. The zero-order valence-corrected chi connectivity index (χ0v) is 34.7. The average molecular weight is 825 g/mol. The number of hydrogen-bond acceptors (Lipinski definition) is 10. The molecule has 0 amide bonds. The van der Waals surface area contributed by atoms with Crippen molar-refractivity contribution in [3.8, 4) is 54.9 Å². The molecule has 7 aromatic rings. The van der Waals surface area contributed by atoms with Crippen LogP contribution < -0.4 is 14.8 Å². The number of benzene rings is 4. The van der Waals surface area contributed by atoms with Gasteiger partial charge in [0.05, 0.1) is 41.1 Å². The fourth-order valence-electron chi connectivity index (χ4n) is 6.44. The van der Waals surface area contributed by atoms with Crippen LogP contribution in [0.3, 0.4) is 0 Å². The lowest BCUT2D eigenvalue weighted by Crippen LogP contribution is -2.24. The smallest absolute Gasteiger partial charge is 0.125 e. The number of hydrogen-bond donors (Lipinski definition) is 1. The van der Waals surface area contributed by atoms with E-state index < -0.39 is 12.8 Å². The van der Waals surface area contributed by atoms with Gasteiger partial charge in [-0.3, -0.25) is 0 Å². The summed E-state index contributed by atoms with van der Waals surface area (Å²) in [5.74, 6) is 3.76. The van der Waals surface area contributed by atoms with Crippen LogP contribution in [0.25, 0.3) is 59.7 Å². The van der Waals surface area contributed by atoms with Crippen molar-refractivity contribution in [2.24, 2.45) is 5.92 Å². The first kappa shape index (κ1) is 39.9. The molecule has 0 saturated heterocycles. The molecule has 1 fully saturated rings. The second-order valence-corrected chi connectivity index (χ2v) is 16.3. The van der Waals surface area contributed by atoms with Crippen LogP contribution >= 0.6 is 22.7 Å². The van der Waals surface area contributed by atoms with Crippen LogP contribution in [0, 0.1) is 5.92 Å². The number of nitrogens with one attached hydrogen (secondary N) is 1. The predicted octanol–water partition coefficient (Wildman–Crippen LogP) is 12.1. The number of rotatable bonds is 19. The second kappa shape index (κ2) is 18.8. The van der Waals surface area contributed by atoms with Gasteiger partial charge in [0.15, 0.2) is 0 Å². The standard InChI is InChI=1S/C48H45FN4O4S2/c1-4-38(54-3)24-45-43(53-48(59-45)36-14-10-34(11-15-36)37-18-23-46(51-28-37)50-27-31-6-7-31)30-57-41(26-49)29-56-40-21-22-42-44(25-40)58-47(52-42)35-12-8-32(9-13-35)33-16-19-39(20-17-33)55-5-2/h4,8-25,28,31,41H,1,5-7,26-27,29-30H2,2-3H3,(H,50,51)/b38-24+. The van der Waals surface area contributed by atoms with Gasteiger partial charge in [0, 0.05) is 29.4 Å². The Bertz CT molecular complexity index is 2510. The molecule has 0 radical (unpaired) electrons. The zero-order valence-electron chi connectivity index (χ0n) is 33.0. The van der Waals surface area contributed by atoms with Gasteiger partial charge in [0.25, 0.3) is 0 Å². The number of ether oxygens (including phenoxy) is 4. The number of methoxy groups -OCH3 is 1. The first-order valence-electron chi connectivity index (χ1n) is 19.7. The Morgan fingerprint density at radius 1 is 0.814 bits per heavy atom. The summed E-state index contributed by atoms with van der Waals surface area (Å²) in [6.45, 7) is 6.87. The molecule has 300 valence electrons. The average Bonchev–Trinajstić information content (AvgIpc) is 3.89. The number of aromatic nitrogens is 3. The van der Waals surface area contributed by atoms with Crippen molar-refractivity contribution in [2.45, 2.75) is 32.5 Å². The third kappa shape index (κ3) is 10.1. The Labute approximate surface area is 352 Å². The molecule has 1 aliphatic carbocycles. The molecule has 0 bridgehead atoms. The first-order chi connectivity index (χ1) is 29.0. The third-order valence-corrected chi connectivity index (χ3v) is 12.2. The Hall–Kier alpha value is -5.88. The normalized spacial score (nSPS) is 13.3. The first-order valence-corrected chi connectivity index (χ1v) is 21.3. The van der Waals surface area contributed by atoms with Gasteiger partial charge in [-0.25, -0.2) is 19.3 Å². The van der Waals surface area contributed by atoms with Gasteiger partial charge in [0.2, 0.25) is 0 Å². The van der Waals surface area contributed by atoms with E-state index in [4.69, 9.17) is 28.9 Å². The summed E-state index contributed by atoms with van der Waals surface area (Å²) in [5, 5.41) is 5.15.